The van der Waals surface area contributed by atoms with Crippen LogP contribution in [0.1, 0.15) is 10.4 Å². The Bertz CT molecular complexity index is 738. The zero-order chi connectivity index (χ0) is 15.5. The maximum absolute atomic E-state index is 12.0. The molecule has 0 atom stereocenters. The van der Waals surface area contributed by atoms with Crippen molar-refractivity contribution in [2.75, 3.05) is 18.6 Å². The van der Waals surface area contributed by atoms with Crippen molar-refractivity contribution in [2.24, 2.45) is 0 Å². The van der Waals surface area contributed by atoms with Crippen LogP contribution >= 0.6 is 11.6 Å². The fourth-order valence-electron chi connectivity index (χ4n) is 1.66. The number of carbonyl (C=O) groups is 1. The van der Waals surface area contributed by atoms with Crippen LogP contribution in [0.5, 0.6) is 0 Å². The highest BCUT2D eigenvalue weighted by atomic mass is 35.5. The van der Waals surface area contributed by atoms with Crippen molar-refractivity contribution in [2.45, 2.75) is 0 Å². The van der Waals surface area contributed by atoms with Crippen molar-refractivity contribution in [1.29, 1.82) is 0 Å². The Morgan fingerprint density at radius 3 is 2.62 bits per heavy atom. The Morgan fingerprint density at radius 2 is 2.00 bits per heavy atom. The lowest BCUT2D eigenvalue weighted by atomic mass is 10.1. The molecule has 1 aromatic heterocycles. The Kier molecular flexibility index (Phi) is 4.64. The fraction of sp³-hybridized carbons (Fsp3) is 0.231. The number of rotatable bonds is 5. The Morgan fingerprint density at radius 1 is 1.33 bits per heavy atom. The molecule has 2 aromatic rings. The van der Waals surface area contributed by atoms with Gasteiger partial charge in [-0.15, -0.1) is 0 Å². The number of nitrogens with one attached hydrogen (secondary N) is 1. The molecule has 2 rings (SSSR count). The van der Waals surface area contributed by atoms with Crippen molar-refractivity contribution in [3.63, 3.8) is 0 Å². The summed E-state index contributed by atoms with van der Waals surface area (Å²) in [5, 5.41) is 6.89. The number of sulfone groups is 1. The lowest BCUT2D eigenvalue weighted by Crippen LogP contribution is -2.28. The van der Waals surface area contributed by atoms with E-state index in [2.05, 4.69) is 10.5 Å². The van der Waals surface area contributed by atoms with Crippen LogP contribution in [0, 0.1) is 0 Å². The van der Waals surface area contributed by atoms with Crippen molar-refractivity contribution < 1.29 is 17.7 Å². The van der Waals surface area contributed by atoms with Crippen LogP contribution in [0.2, 0.25) is 5.02 Å². The topological polar surface area (TPSA) is 89.3 Å². The monoisotopic (exact) mass is 328 g/mol. The van der Waals surface area contributed by atoms with Gasteiger partial charge in [-0.25, -0.2) is 8.42 Å². The molecule has 0 aliphatic rings. The van der Waals surface area contributed by atoms with Crippen molar-refractivity contribution in [1.82, 2.24) is 10.5 Å². The lowest BCUT2D eigenvalue weighted by Gasteiger charge is -2.04. The maximum atomic E-state index is 12.0. The minimum Gasteiger partial charge on any atom is -0.363 e. The number of benzene rings is 1. The summed E-state index contributed by atoms with van der Waals surface area (Å²) in [7, 11) is -3.12. The summed E-state index contributed by atoms with van der Waals surface area (Å²) in [4.78, 5) is 12.0. The maximum Gasteiger partial charge on any atom is 0.256 e. The largest absolute Gasteiger partial charge is 0.363 e. The van der Waals surface area contributed by atoms with Crippen LogP contribution in [0.15, 0.2) is 35.1 Å². The van der Waals surface area contributed by atoms with Gasteiger partial charge in [0.1, 0.15) is 27.4 Å². The van der Waals surface area contributed by atoms with Gasteiger partial charge in [-0.05, 0) is 12.1 Å². The molecule has 8 heteroatoms. The van der Waals surface area contributed by atoms with Gasteiger partial charge in [-0.2, -0.15) is 0 Å². The highest BCUT2D eigenvalue weighted by Gasteiger charge is 2.17. The molecule has 0 saturated carbocycles. The van der Waals surface area contributed by atoms with E-state index in [4.69, 9.17) is 16.1 Å². The van der Waals surface area contributed by atoms with E-state index in [9.17, 15) is 13.2 Å². The Labute approximate surface area is 127 Å². The van der Waals surface area contributed by atoms with Crippen LogP contribution in [0.4, 0.5) is 0 Å². The van der Waals surface area contributed by atoms with E-state index in [0.717, 1.165) is 6.26 Å². The molecule has 0 fully saturated rings. The molecule has 1 amide bonds. The van der Waals surface area contributed by atoms with Gasteiger partial charge in [0, 0.05) is 23.4 Å². The van der Waals surface area contributed by atoms with Crippen LogP contribution in [-0.2, 0) is 9.84 Å². The standard InChI is InChI=1S/C13H13ClN2O4S/c1-21(18,19)7-6-15-13(17)11-8-20-16-12(11)9-2-4-10(14)5-3-9/h2-5,8H,6-7H2,1H3,(H,15,17). The van der Waals surface area contributed by atoms with E-state index in [-0.39, 0.29) is 17.9 Å². The summed E-state index contributed by atoms with van der Waals surface area (Å²) in [6.45, 7) is 0.0307. The fourth-order valence-corrected chi connectivity index (χ4v) is 2.26. The molecule has 112 valence electrons. The molecular weight excluding hydrogens is 316 g/mol. The Hall–Kier alpha value is -1.86. The number of hydrogen-bond acceptors (Lipinski definition) is 5. The third-order valence-corrected chi connectivity index (χ3v) is 3.89. The third kappa shape index (κ3) is 4.30. The second-order valence-electron chi connectivity index (χ2n) is 4.47. The zero-order valence-corrected chi connectivity index (χ0v) is 12.7. The highest BCUT2D eigenvalue weighted by molar-refractivity contribution is 7.90. The highest BCUT2D eigenvalue weighted by Crippen LogP contribution is 2.23. The van der Waals surface area contributed by atoms with Gasteiger partial charge >= 0.3 is 0 Å². The normalized spacial score (nSPS) is 11.3. The molecule has 1 aromatic carbocycles. The van der Waals surface area contributed by atoms with Crippen molar-refractivity contribution in [3.05, 3.63) is 41.1 Å². The molecule has 0 unspecified atom stereocenters. The second kappa shape index (κ2) is 6.28. The summed E-state index contributed by atoms with van der Waals surface area (Å²) < 4.78 is 26.9. The van der Waals surface area contributed by atoms with Gasteiger partial charge in [0.2, 0.25) is 0 Å². The molecule has 0 spiro atoms. The first-order valence-electron chi connectivity index (χ1n) is 6.03. The average Bonchev–Trinajstić information content (AvgIpc) is 2.87. The predicted octanol–water partition coefficient (Wildman–Crippen LogP) is 1.77. The SMILES string of the molecule is CS(=O)(=O)CCNC(=O)c1conc1-c1ccc(Cl)cc1. The molecule has 1 N–H and O–H groups in total. The molecule has 1 heterocycles. The number of aromatic nitrogens is 1. The first-order valence-corrected chi connectivity index (χ1v) is 8.47. The Balaban J connectivity index is 2.13. The van der Waals surface area contributed by atoms with E-state index in [1.807, 2.05) is 0 Å². The van der Waals surface area contributed by atoms with E-state index in [1.54, 1.807) is 24.3 Å². The second-order valence-corrected chi connectivity index (χ2v) is 7.17. The average molecular weight is 329 g/mol. The van der Waals surface area contributed by atoms with Crippen LogP contribution in [0.25, 0.3) is 11.3 Å². The molecule has 0 saturated heterocycles. The van der Waals surface area contributed by atoms with Crippen molar-refractivity contribution >= 4 is 27.3 Å². The van der Waals surface area contributed by atoms with Crippen molar-refractivity contribution in [3.8, 4) is 11.3 Å². The van der Waals surface area contributed by atoms with Crippen LogP contribution in [-0.4, -0.2) is 38.0 Å². The quantitative estimate of drug-likeness (QED) is 0.903. The molecule has 0 aliphatic heterocycles. The number of halogens is 1. The molecular formula is C13H13ClN2O4S. The van der Waals surface area contributed by atoms with E-state index in [1.165, 1.54) is 6.26 Å². The van der Waals surface area contributed by atoms with Gasteiger partial charge in [0.05, 0.1) is 5.75 Å². The van der Waals surface area contributed by atoms with Gasteiger partial charge in [-0.1, -0.05) is 28.9 Å². The van der Waals surface area contributed by atoms with Gasteiger partial charge < -0.3 is 9.84 Å². The molecule has 21 heavy (non-hydrogen) atoms. The van der Waals surface area contributed by atoms with Crippen LogP contribution in [0.3, 0.4) is 0 Å². The number of amides is 1. The lowest BCUT2D eigenvalue weighted by molar-refractivity contribution is 0.0956. The predicted molar refractivity (Wildman–Crippen MR) is 79.0 cm³/mol. The first-order chi connectivity index (χ1) is 9.87. The summed E-state index contributed by atoms with van der Waals surface area (Å²) in [6.07, 6.45) is 2.33. The zero-order valence-electron chi connectivity index (χ0n) is 11.2. The summed E-state index contributed by atoms with van der Waals surface area (Å²) in [5.41, 5.74) is 1.30. The number of carbonyl (C=O) groups excluding carboxylic acids is 1. The molecule has 0 bridgehead atoms. The molecule has 0 radical (unpaired) electrons. The first kappa shape index (κ1) is 15.5. The van der Waals surface area contributed by atoms with E-state index < -0.39 is 15.7 Å². The number of hydrogen-bond donors (Lipinski definition) is 1. The molecule has 6 nitrogen and oxygen atoms in total. The van der Waals surface area contributed by atoms with Gasteiger partial charge in [0.15, 0.2) is 0 Å². The van der Waals surface area contributed by atoms with Gasteiger partial charge in [-0.3, -0.25) is 4.79 Å². The van der Waals surface area contributed by atoms with Crippen LogP contribution < -0.4 is 5.32 Å². The minimum absolute atomic E-state index is 0.0307. The summed E-state index contributed by atoms with van der Waals surface area (Å²) in [6, 6.07) is 6.79. The number of nitrogens with zero attached hydrogens (tertiary/aromatic N) is 1. The smallest absolute Gasteiger partial charge is 0.256 e. The minimum atomic E-state index is -3.12. The van der Waals surface area contributed by atoms with E-state index >= 15 is 0 Å². The summed E-state index contributed by atoms with van der Waals surface area (Å²) in [5.74, 6) is -0.565. The third-order valence-electron chi connectivity index (χ3n) is 2.69. The van der Waals surface area contributed by atoms with Gasteiger partial charge in [0.25, 0.3) is 5.91 Å². The molecule has 0 aliphatic carbocycles. The van der Waals surface area contributed by atoms with E-state index in [0.29, 0.717) is 16.3 Å². The summed E-state index contributed by atoms with van der Waals surface area (Å²) >= 11 is 5.81.